The SMILES string of the molecule is CCCON=C1CC(c2ccccc2-c2ccccc2)Cc2nc(N)nc(C)c21. The van der Waals surface area contributed by atoms with Gasteiger partial charge in [0.15, 0.2) is 0 Å². The largest absolute Gasteiger partial charge is 0.396 e. The molecule has 2 N–H and O–H groups in total. The van der Waals surface area contributed by atoms with Crippen LogP contribution in [0.3, 0.4) is 0 Å². The van der Waals surface area contributed by atoms with Gasteiger partial charge in [-0.2, -0.15) is 0 Å². The normalized spacial score (nSPS) is 17.2. The fraction of sp³-hybridized carbons (Fsp3) is 0.292. The number of aryl methyl sites for hydroxylation is 1. The van der Waals surface area contributed by atoms with Crippen molar-refractivity contribution in [1.82, 2.24) is 9.97 Å². The van der Waals surface area contributed by atoms with Crippen molar-refractivity contribution in [1.29, 1.82) is 0 Å². The van der Waals surface area contributed by atoms with E-state index in [9.17, 15) is 0 Å². The van der Waals surface area contributed by atoms with Crippen molar-refractivity contribution in [3.63, 3.8) is 0 Å². The molecule has 3 aromatic rings. The molecule has 5 heteroatoms. The predicted molar refractivity (Wildman–Crippen MR) is 117 cm³/mol. The van der Waals surface area contributed by atoms with Gasteiger partial charge in [-0.05, 0) is 42.4 Å². The molecular weight excluding hydrogens is 360 g/mol. The van der Waals surface area contributed by atoms with Crippen LogP contribution in [0.1, 0.15) is 48.2 Å². The zero-order valence-corrected chi connectivity index (χ0v) is 16.9. The number of oxime groups is 1. The van der Waals surface area contributed by atoms with Gasteiger partial charge in [-0.25, -0.2) is 9.97 Å². The Morgan fingerprint density at radius 1 is 1.03 bits per heavy atom. The second kappa shape index (κ2) is 8.43. The predicted octanol–water partition coefficient (Wildman–Crippen LogP) is 4.89. The minimum absolute atomic E-state index is 0.247. The third kappa shape index (κ3) is 3.99. The second-order valence-corrected chi connectivity index (χ2v) is 7.42. The molecule has 0 saturated carbocycles. The number of nitrogen functional groups attached to an aromatic ring is 1. The molecule has 0 aliphatic heterocycles. The Kier molecular flexibility index (Phi) is 5.56. The summed E-state index contributed by atoms with van der Waals surface area (Å²) in [6, 6.07) is 19.1. The zero-order valence-electron chi connectivity index (χ0n) is 16.9. The highest BCUT2D eigenvalue weighted by atomic mass is 16.6. The summed E-state index contributed by atoms with van der Waals surface area (Å²) in [5.74, 6) is 0.559. The molecule has 148 valence electrons. The molecular formula is C24H26N4O. The Labute approximate surface area is 171 Å². The maximum atomic E-state index is 5.96. The maximum absolute atomic E-state index is 5.96. The Morgan fingerprint density at radius 2 is 1.79 bits per heavy atom. The van der Waals surface area contributed by atoms with Crippen molar-refractivity contribution in [3.05, 3.63) is 77.1 Å². The average molecular weight is 386 g/mol. The number of fused-ring (bicyclic) bond motifs is 1. The topological polar surface area (TPSA) is 73.4 Å². The fourth-order valence-electron chi connectivity index (χ4n) is 4.07. The minimum Gasteiger partial charge on any atom is -0.396 e. The molecule has 0 saturated heterocycles. The summed E-state index contributed by atoms with van der Waals surface area (Å²) in [7, 11) is 0. The first-order chi connectivity index (χ1) is 14.2. The van der Waals surface area contributed by atoms with Crippen LogP contribution in [0.15, 0.2) is 59.8 Å². The van der Waals surface area contributed by atoms with Gasteiger partial charge in [-0.3, -0.25) is 0 Å². The van der Waals surface area contributed by atoms with Crippen molar-refractivity contribution in [2.75, 3.05) is 12.3 Å². The summed E-state index contributed by atoms with van der Waals surface area (Å²) >= 11 is 0. The van der Waals surface area contributed by atoms with Crippen molar-refractivity contribution >= 4 is 11.7 Å². The highest BCUT2D eigenvalue weighted by Gasteiger charge is 2.30. The molecule has 5 nitrogen and oxygen atoms in total. The third-order valence-electron chi connectivity index (χ3n) is 5.31. The van der Waals surface area contributed by atoms with Crippen LogP contribution in [0.5, 0.6) is 0 Å². The third-order valence-corrected chi connectivity index (χ3v) is 5.31. The summed E-state index contributed by atoms with van der Waals surface area (Å²) in [5, 5.41) is 4.48. The molecule has 0 bridgehead atoms. The van der Waals surface area contributed by atoms with Gasteiger partial charge in [0, 0.05) is 12.0 Å². The molecule has 4 rings (SSSR count). The van der Waals surface area contributed by atoms with Crippen LogP contribution in [0, 0.1) is 6.92 Å². The quantitative estimate of drug-likeness (QED) is 0.500. The van der Waals surface area contributed by atoms with Crippen LogP contribution in [0.25, 0.3) is 11.1 Å². The zero-order chi connectivity index (χ0) is 20.2. The van der Waals surface area contributed by atoms with E-state index in [1.807, 2.05) is 13.0 Å². The molecule has 1 aromatic heterocycles. The summed E-state index contributed by atoms with van der Waals surface area (Å²) in [6.07, 6.45) is 2.51. The van der Waals surface area contributed by atoms with Crippen molar-refractivity contribution in [2.24, 2.45) is 5.16 Å². The highest BCUT2D eigenvalue weighted by Crippen LogP contribution is 2.38. The van der Waals surface area contributed by atoms with E-state index < -0.39 is 0 Å². The first-order valence-corrected chi connectivity index (χ1v) is 10.1. The molecule has 1 unspecified atom stereocenters. The van der Waals surface area contributed by atoms with Gasteiger partial charge in [0.25, 0.3) is 0 Å². The number of aromatic nitrogens is 2. The van der Waals surface area contributed by atoms with Gasteiger partial charge < -0.3 is 10.6 Å². The van der Waals surface area contributed by atoms with E-state index in [1.165, 1.54) is 16.7 Å². The lowest BCUT2D eigenvalue weighted by molar-refractivity contribution is 0.144. The van der Waals surface area contributed by atoms with E-state index in [0.717, 1.165) is 41.9 Å². The fourth-order valence-corrected chi connectivity index (χ4v) is 4.07. The monoisotopic (exact) mass is 386 g/mol. The van der Waals surface area contributed by atoms with Crippen molar-refractivity contribution < 1.29 is 4.84 Å². The first kappa shape index (κ1) is 19.1. The molecule has 29 heavy (non-hydrogen) atoms. The molecule has 1 heterocycles. The lowest BCUT2D eigenvalue weighted by atomic mass is 9.78. The van der Waals surface area contributed by atoms with Crippen LogP contribution in [-0.2, 0) is 11.3 Å². The van der Waals surface area contributed by atoms with Crippen LogP contribution in [-0.4, -0.2) is 22.3 Å². The van der Waals surface area contributed by atoms with Crippen LogP contribution >= 0.6 is 0 Å². The van der Waals surface area contributed by atoms with E-state index in [1.54, 1.807) is 0 Å². The Morgan fingerprint density at radius 3 is 2.59 bits per heavy atom. The number of hydrogen-bond acceptors (Lipinski definition) is 5. The number of rotatable bonds is 5. The van der Waals surface area contributed by atoms with E-state index in [2.05, 4.69) is 70.6 Å². The summed E-state index contributed by atoms with van der Waals surface area (Å²) in [6.45, 7) is 4.63. The number of benzene rings is 2. The van der Waals surface area contributed by atoms with Crippen molar-refractivity contribution in [2.45, 2.75) is 39.0 Å². The van der Waals surface area contributed by atoms with E-state index in [4.69, 9.17) is 10.6 Å². The molecule has 1 aliphatic rings. The van der Waals surface area contributed by atoms with Gasteiger partial charge in [-0.1, -0.05) is 66.7 Å². The number of hydrogen-bond donors (Lipinski definition) is 1. The van der Waals surface area contributed by atoms with E-state index in [0.29, 0.717) is 12.6 Å². The van der Waals surface area contributed by atoms with Gasteiger partial charge in [-0.15, -0.1) is 0 Å². The smallest absolute Gasteiger partial charge is 0.220 e. The van der Waals surface area contributed by atoms with Crippen LogP contribution in [0.4, 0.5) is 5.95 Å². The summed E-state index contributed by atoms with van der Waals surface area (Å²) in [5.41, 5.74) is 13.4. The van der Waals surface area contributed by atoms with Gasteiger partial charge in [0.05, 0.1) is 17.1 Å². The van der Waals surface area contributed by atoms with E-state index >= 15 is 0 Å². The Balaban J connectivity index is 1.78. The highest BCUT2D eigenvalue weighted by molar-refractivity contribution is 6.03. The Bertz CT molecular complexity index is 1030. The molecule has 0 spiro atoms. The number of nitrogens with two attached hydrogens (primary N) is 1. The first-order valence-electron chi connectivity index (χ1n) is 10.1. The Hall–Kier alpha value is -3.21. The molecule has 0 radical (unpaired) electrons. The van der Waals surface area contributed by atoms with Crippen LogP contribution in [0.2, 0.25) is 0 Å². The summed E-state index contributed by atoms with van der Waals surface area (Å²) in [4.78, 5) is 14.5. The number of anilines is 1. The molecule has 1 atom stereocenters. The average Bonchev–Trinajstić information content (AvgIpc) is 2.74. The van der Waals surface area contributed by atoms with Gasteiger partial charge in [0.2, 0.25) is 5.95 Å². The molecule has 0 fully saturated rings. The molecule has 2 aromatic carbocycles. The maximum Gasteiger partial charge on any atom is 0.220 e. The molecule has 1 aliphatic carbocycles. The summed E-state index contributed by atoms with van der Waals surface area (Å²) < 4.78 is 0. The van der Waals surface area contributed by atoms with E-state index in [-0.39, 0.29) is 5.92 Å². The van der Waals surface area contributed by atoms with Crippen molar-refractivity contribution in [3.8, 4) is 11.1 Å². The minimum atomic E-state index is 0.247. The number of nitrogens with zero attached hydrogens (tertiary/aromatic N) is 3. The van der Waals surface area contributed by atoms with Crippen LogP contribution < -0.4 is 5.73 Å². The lowest BCUT2D eigenvalue weighted by Crippen LogP contribution is -2.24. The van der Waals surface area contributed by atoms with Gasteiger partial charge in [0.1, 0.15) is 6.61 Å². The standard InChI is InChI=1S/C24H26N4O/c1-3-13-29-28-22-15-18(14-21-23(22)16(2)26-24(25)27-21)20-12-8-7-11-19(20)17-9-5-4-6-10-17/h4-12,18H,3,13-15H2,1-2H3,(H2,25,26,27). The van der Waals surface area contributed by atoms with Gasteiger partial charge >= 0.3 is 0 Å². The lowest BCUT2D eigenvalue weighted by Gasteiger charge is -2.28. The second-order valence-electron chi connectivity index (χ2n) is 7.42. The molecule has 0 amide bonds.